The van der Waals surface area contributed by atoms with Gasteiger partial charge in [-0.2, -0.15) is 0 Å². The molecule has 1 aliphatic rings. The predicted octanol–water partition coefficient (Wildman–Crippen LogP) is -0.142. The van der Waals surface area contributed by atoms with E-state index in [2.05, 4.69) is 10.1 Å². The second-order valence-electron chi connectivity index (χ2n) is 4.10. The minimum absolute atomic E-state index is 0.0351. The lowest BCUT2D eigenvalue weighted by atomic mass is 9.92. The minimum atomic E-state index is -0.851. The number of ether oxygens (including phenoxy) is 1. The molecule has 1 aliphatic carbocycles. The van der Waals surface area contributed by atoms with Crippen molar-refractivity contribution in [2.24, 2.45) is 11.5 Å². The summed E-state index contributed by atoms with van der Waals surface area (Å²) in [5, 5.41) is 2.89. The van der Waals surface area contributed by atoms with Crippen LogP contribution >= 0.6 is 0 Å². The van der Waals surface area contributed by atoms with E-state index in [1.165, 1.54) is 0 Å². The van der Waals surface area contributed by atoms with E-state index < -0.39 is 6.09 Å². The summed E-state index contributed by atoms with van der Waals surface area (Å²) in [6.07, 6.45) is 3.04. The molecule has 16 heavy (non-hydrogen) atoms. The highest BCUT2D eigenvalue weighted by atomic mass is 16.5. The zero-order valence-electron chi connectivity index (χ0n) is 9.28. The Labute approximate surface area is 94.7 Å². The fourth-order valence-corrected chi connectivity index (χ4v) is 1.81. The van der Waals surface area contributed by atoms with Gasteiger partial charge in [0.15, 0.2) is 0 Å². The summed E-state index contributed by atoms with van der Waals surface area (Å²) in [6, 6.07) is 0.479. The fourth-order valence-electron chi connectivity index (χ4n) is 1.81. The Morgan fingerprint density at radius 2 is 1.88 bits per heavy atom. The van der Waals surface area contributed by atoms with Crippen LogP contribution in [0, 0.1) is 0 Å². The van der Waals surface area contributed by atoms with Crippen molar-refractivity contribution in [2.75, 3.05) is 6.61 Å². The van der Waals surface area contributed by atoms with Gasteiger partial charge >= 0.3 is 6.09 Å². The van der Waals surface area contributed by atoms with Gasteiger partial charge in [-0.15, -0.1) is 0 Å². The number of carbonyl (C=O) groups excluding carboxylic acids is 2. The van der Waals surface area contributed by atoms with Crippen molar-refractivity contribution in [3.63, 3.8) is 0 Å². The van der Waals surface area contributed by atoms with Crippen LogP contribution in [0.15, 0.2) is 0 Å². The number of amides is 2. The number of hydrogen-bond donors (Lipinski definition) is 3. The van der Waals surface area contributed by atoms with Gasteiger partial charge in [-0.1, -0.05) is 0 Å². The number of rotatable bonds is 4. The van der Waals surface area contributed by atoms with Gasteiger partial charge in [0, 0.05) is 12.1 Å². The zero-order valence-corrected chi connectivity index (χ0v) is 9.28. The molecule has 0 heterocycles. The van der Waals surface area contributed by atoms with Crippen LogP contribution in [0.2, 0.25) is 0 Å². The largest absolute Gasteiger partial charge is 0.449 e. The van der Waals surface area contributed by atoms with E-state index >= 15 is 0 Å². The average Bonchev–Trinajstić information content (AvgIpc) is 2.21. The van der Waals surface area contributed by atoms with E-state index in [0.717, 1.165) is 25.7 Å². The molecule has 6 nitrogen and oxygen atoms in total. The maximum atomic E-state index is 11.4. The topological polar surface area (TPSA) is 107 Å². The van der Waals surface area contributed by atoms with Gasteiger partial charge in [-0.25, -0.2) is 4.79 Å². The summed E-state index contributed by atoms with van der Waals surface area (Å²) in [6.45, 7) is 0.0351. The van der Waals surface area contributed by atoms with E-state index in [1.807, 2.05) is 0 Å². The van der Waals surface area contributed by atoms with E-state index in [1.54, 1.807) is 0 Å². The second kappa shape index (κ2) is 6.32. The molecule has 0 atom stereocenters. The molecule has 1 rings (SSSR count). The summed E-state index contributed by atoms with van der Waals surface area (Å²) in [5.41, 5.74) is 10.5. The maximum absolute atomic E-state index is 11.4. The molecule has 0 spiro atoms. The van der Waals surface area contributed by atoms with Crippen LogP contribution in [0.5, 0.6) is 0 Å². The first-order chi connectivity index (χ1) is 7.58. The summed E-state index contributed by atoms with van der Waals surface area (Å²) < 4.78 is 4.48. The van der Waals surface area contributed by atoms with Crippen LogP contribution in [0.25, 0.3) is 0 Å². The first-order valence-corrected chi connectivity index (χ1v) is 5.55. The molecule has 0 radical (unpaired) electrons. The van der Waals surface area contributed by atoms with Crippen LogP contribution in [0.1, 0.15) is 32.1 Å². The zero-order chi connectivity index (χ0) is 12.0. The third-order valence-electron chi connectivity index (χ3n) is 2.71. The highest BCUT2D eigenvalue weighted by Crippen LogP contribution is 2.16. The van der Waals surface area contributed by atoms with Crippen LogP contribution in [-0.4, -0.2) is 30.7 Å². The third kappa shape index (κ3) is 4.97. The van der Waals surface area contributed by atoms with Crippen molar-refractivity contribution in [3.8, 4) is 0 Å². The van der Waals surface area contributed by atoms with Crippen molar-refractivity contribution in [3.05, 3.63) is 0 Å². The van der Waals surface area contributed by atoms with Crippen molar-refractivity contribution in [2.45, 2.75) is 44.2 Å². The summed E-state index contributed by atoms with van der Waals surface area (Å²) in [7, 11) is 0. The van der Waals surface area contributed by atoms with Crippen LogP contribution in [0.3, 0.4) is 0 Å². The molecular formula is C10H19N3O3. The average molecular weight is 229 g/mol. The summed E-state index contributed by atoms with van der Waals surface area (Å²) in [5.74, 6) is -0.110. The third-order valence-corrected chi connectivity index (χ3v) is 2.71. The quantitative estimate of drug-likeness (QED) is 0.623. The Hall–Kier alpha value is -1.30. The predicted molar refractivity (Wildman–Crippen MR) is 58.5 cm³/mol. The van der Waals surface area contributed by atoms with Gasteiger partial charge < -0.3 is 21.5 Å². The van der Waals surface area contributed by atoms with E-state index in [9.17, 15) is 9.59 Å². The van der Waals surface area contributed by atoms with Gasteiger partial charge in [-0.05, 0) is 25.7 Å². The Kier molecular flexibility index (Phi) is 5.04. The Bertz CT molecular complexity index is 250. The van der Waals surface area contributed by atoms with Gasteiger partial charge in [0.05, 0.1) is 6.42 Å². The molecule has 1 saturated carbocycles. The lowest BCUT2D eigenvalue weighted by Gasteiger charge is -2.26. The minimum Gasteiger partial charge on any atom is -0.449 e. The lowest BCUT2D eigenvalue weighted by Crippen LogP contribution is -2.40. The van der Waals surface area contributed by atoms with Gasteiger partial charge in [0.1, 0.15) is 6.61 Å². The van der Waals surface area contributed by atoms with Gasteiger partial charge in [0.2, 0.25) is 5.91 Å². The van der Waals surface area contributed by atoms with Crippen molar-refractivity contribution < 1.29 is 14.3 Å². The Morgan fingerprint density at radius 1 is 1.25 bits per heavy atom. The number of carbonyl (C=O) groups is 2. The smallest absolute Gasteiger partial charge is 0.404 e. The molecule has 6 heteroatoms. The van der Waals surface area contributed by atoms with E-state index in [-0.39, 0.29) is 31.0 Å². The summed E-state index contributed by atoms with van der Waals surface area (Å²) in [4.78, 5) is 21.7. The Morgan fingerprint density at radius 3 is 2.44 bits per heavy atom. The van der Waals surface area contributed by atoms with E-state index in [0.29, 0.717) is 0 Å². The molecule has 0 aliphatic heterocycles. The molecule has 0 unspecified atom stereocenters. The number of primary amides is 1. The van der Waals surface area contributed by atoms with E-state index in [4.69, 9.17) is 11.5 Å². The monoisotopic (exact) mass is 229 g/mol. The molecular weight excluding hydrogens is 210 g/mol. The molecule has 0 bridgehead atoms. The number of hydrogen-bond acceptors (Lipinski definition) is 4. The van der Waals surface area contributed by atoms with Crippen LogP contribution in [-0.2, 0) is 9.53 Å². The molecule has 0 aromatic carbocycles. The summed E-state index contributed by atoms with van der Waals surface area (Å²) >= 11 is 0. The molecule has 0 aromatic heterocycles. The fraction of sp³-hybridized carbons (Fsp3) is 0.800. The molecule has 0 saturated heterocycles. The van der Waals surface area contributed by atoms with Gasteiger partial charge in [0.25, 0.3) is 0 Å². The van der Waals surface area contributed by atoms with Crippen molar-refractivity contribution in [1.82, 2.24) is 5.32 Å². The van der Waals surface area contributed by atoms with Gasteiger partial charge in [-0.3, -0.25) is 4.79 Å². The molecule has 0 aromatic rings. The highest BCUT2D eigenvalue weighted by Gasteiger charge is 2.19. The Balaban J connectivity index is 2.11. The van der Waals surface area contributed by atoms with Crippen molar-refractivity contribution in [1.29, 1.82) is 0 Å². The van der Waals surface area contributed by atoms with Crippen molar-refractivity contribution >= 4 is 12.0 Å². The molecule has 2 amide bonds. The number of nitrogens with one attached hydrogen (secondary N) is 1. The molecule has 92 valence electrons. The first-order valence-electron chi connectivity index (χ1n) is 5.55. The number of nitrogens with two attached hydrogens (primary N) is 2. The normalized spacial score (nSPS) is 24.8. The molecule has 1 fully saturated rings. The standard InChI is InChI=1S/C10H19N3O3/c11-7-1-3-8(4-2-7)13-9(14)5-6-16-10(12)15/h7-8H,1-6,11H2,(H2,12,15)(H,13,14)/t7-,8-. The SMILES string of the molecule is NC(=O)OCCC(=O)N[C@H]1CC[C@H](N)CC1. The maximum Gasteiger partial charge on any atom is 0.404 e. The second-order valence-corrected chi connectivity index (χ2v) is 4.10. The van der Waals surface area contributed by atoms with Crippen LogP contribution in [0.4, 0.5) is 4.79 Å². The lowest BCUT2D eigenvalue weighted by molar-refractivity contribution is -0.122. The van der Waals surface area contributed by atoms with Crippen LogP contribution < -0.4 is 16.8 Å². The molecule has 5 N–H and O–H groups in total. The highest BCUT2D eigenvalue weighted by molar-refractivity contribution is 5.76. The first kappa shape index (κ1) is 12.8.